The minimum absolute atomic E-state index is 0.111. The minimum Gasteiger partial charge on any atom is -0.319 e. The second-order valence-electron chi connectivity index (χ2n) is 6.61. The molecule has 0 aliphatic carbocycles. The third-order valence-electron chi connectivity index (χ3n) is 4.76. The van der Waals surface area contributed by atoms with Crippen molar-refractivity contribution in [3.05, 3.63) is 69.8 Å². The first-order chi connectivity index (χ1) is 13.0. The van der Waals surface area contributed by atoms with Gasteiger partial charge in [-0.25, -0.2) is 13.8 Å². The van der Waals surface area contributed by atoms with Crippen LogP contribution in [0.15, 0.2) is 41.2 Å². The van der Waals surface area contributed by atoms with E-state index >= 15 is 0 Å². The number of hydrogen-bond donors (Lipinski definition) is 1. The zero-order valence-electron chi connectivity index (χ0n) is 14.5. The third kappa shape index (κ3) is 3.32. The number of amides is 1. The standard InChI is InChI=1S/C20H17F2N3O2/c21-13-6-8-15(22)17(11-13)24-19(26)12-5-7-14-16(10-12)23-18-4-2-1-3-9-25(18)20(14)27/h5-8,10-11H,1-4,9H2,(H,24,26). The lowest BCUT2D eigenvalue weighted by atomic mass is 10.1. The minimum atomic E-state index is -0.729. The Kier molecular flexibility index (Phi) is 4.43. The van der Waals surface area contributed by atoms with Gasteiger partial charge < -0.3 is 5.32 Å². The van der Waals surface area contributed by atoms with Crippen molar-refractivity contribution in [3.8, 4) is 0 Å². The van der Waals surface area contributed by atoms with E-state index in [0.717, 1.165) is 49.7 Å². The summed E-state index contributed by atoms with van der Waals surface area (Å²) in [5.74, 6) is -1.26. The first-order valence-electron chi connectivity index (χ1n) is 8.83. The molecule has 4 rings (SSSR count). The Labute approximate surface area is 153 Å². The van der Waals surface area contributed by atoms with Gasteiger partial charge in [-0.05, 0) is 43.2 Å². The molecule has 138 valence electrons. The smallest absolute Gasteiger partial charge is 0.261 e. The Morgan fingerprint density at radius 1 is 1.07 bits per heavy atom. The number of benzene rings is 2. The highest BCUT2D eigenvalue weighted by Crippen LogP contribution is 2.19. The lowest BCUT2D eigenvalue weighted by Crippen LogP contribution is -2.24. The Morgan fingerprint density at radius 2 is 1.93 bits per heavy atom. The predicted octanol–water partition coefficient (Wildman–Crippen LogP) is 3.65. The number of halogens is 2. The molecule has 0 spiro atoms. The second kappa shape index (κ2) is 6.90. The summed E-state index contributed by atoms with van der Waals surface area (Å²) < 4.78 is 28.7. The van der Waals surface area contributed by atoms with Gasteiger partial charge >= 0.3 is 0 Å². The number of aromatic nitrogens is 2. The molecule has 3 aromatic rings. The topological polar surface area (TPSA) is 64.0 Å². The molecule has 0 saturated heterocycles. The van der Waals surface area contributed by atoms with E-state index in [0.29, 0.717) is 17.4 Å². The summed E-state index contributed by atoms with van der Waals surface area (Å²) >= 11 is 0. The highest BCUT2D eigenvalue weighted by molar-refractivity contribution is 6.06. The second-order valence-corrected chi connectivity index (χ2v) is 6.61. The van der Waals surface area contributed by atoms with Crippen LogP contribution in [0, 0.1) is 11.6 Å². The third-order valence-corrected chi connectivity index (χ3v) is 4.76. The molecule has 0 radical (unpaired) electrons. The largest absolute Gasteiger partial charge is 0.319 e. The fourth-order valence-corrected chi connectivity index (χ4v) is 3.35. The van der Waals surface area contributed by atoms with E-state index in [4.69, 9.17) is 0 Å². The van der Waals surface area contributed by atoms with Gasteiger partial charge in [-0.15, -0.1) is 0 Å². The number of nitrogens with one attached hydrogen (secondary N) is 1. The van der Waals surface area contributed by atoms with E-state index in [2.05, 4.69) is 10.3 Å². The van der Waals surface area contributed by atoms with Gasteiger partial charge in [0.1, 0.15) is 17.5 Å². The monoisotopic (exact) mass is 369 g/mol. The van der Waals surface area contributed by atoms with Crippen molar-refractivity contribution in [2.45, 2.75) is 32.2 Å². The number of carbonyl (C=O) groups is 1. The molecule has 0 atom stereocenters. The van der Waals surface area contributed by atoms with Crippen LogP contribution in [0.25, 0.3) is 10.9 Å². The Balaban J connectivity index is 1.71. The van der Waals surface area contributed by atoms with Crippen LogP contribution in [0.2, 0.25) is 0 Å². The molecule has 1 aliphatic heterocycles. The van der Waals surface area contributed by atoms with Crippen LogP contribution >= 0.6 is 0 Å². The van der Waals surface area contributed by atoms with E-state index in [1.165, 1.54) is 12.1 Å². The molecule has 2 heterocycles. The van der Waals surface area contributed by atoms with Crippen molar-refractivity contribution in [1.82, 2.24) is 9.55 Å². The number of hydrogen-bond acceptors (Lipinski definition) is 3. The van der Waals surface area contributed by atoms with Crippen LogP contribution in [0.5, 0.6) is 0 Å². The lowest BCUT2D eigenvalue weighted by Gasteiger charge is -2.11. The summed E-state index contributed by atoms with van der Waals surface area (Å²) in [5, 5.41) is 2.79. The fraction of sp³-hybridized carbons (Fsp3) is 0.250. The van der Waals surface area contributed by atoms with Gasteiger partial charge in [-0.3, -0.25) is 14.2 Å². The molecule has 0 saturated carbocycles. The number of anilines is 1. The van der Waals surface area contributed by atoms with E-state index < -0.39 is 17.5 Å². The van der Waals surface area contributed by atoms with Crippen molar-refractivity contribution >= 4 is 22.5 Å². The molecule has 0 unspecified atom stereocenters. The summed E-state index contributed by atoms with van der Waals surface area (Å²) in [4.78, 5) is 29.7. The molecule has 1 aromatic heterocycles. The molecule has 5 nitrogen and oxygen atoms in total. The average Bonchev–Trinajstić information content (AvgIpc) is 2.90. The van der Waals surface area contributed by atoms with Gasteiger partial charge in [0.25, 0.3) is 11.5 Å². The first-order valence-corrected chi connectivity index (χ1v) is 8.83. The van der Waals surface area contributed by atoms with Crippen molar-refractivity contribution in [1.29, 1.82) is 0 Å². The van der Waals surface area contributed by atoms with Gasteiger partial charge in [-0.1, -0.05) is 6.42 Å². The van der Waals surface area contributed by atoms with Gasteiger partial charge in [0.05, 0.1) is 16.6 Å². The van der Waals surface area contributed by atoms with Crippen molar-refractivity contribution in [2.24, 2.45) is 0 Å². The van der Waals surface area contributed by atoms with Crippen LogP contribution in [0.4, 0.5) is 14.5 Å². The normalized spacial score (nSPS) is 13.9. The van der Waals surface area contributed by atoms with E-state index in [9.17, 15) is 18.4 Å². The number of rotatable bonds is 2. The summed E-state index contributed by atoms with van der Waals surface area (Å²) in [6.45, 7) is 0.651. The maximum absolute atomic E-state index is 13.7. The summed E-state index contributed by atoms with van der Waals surface area (Å²) in [6.07, 6.45) is 3.68. The molecular formula is C20H17F2N3O2. The maximum Gasteiger partial charge on any atom is 0.261 e. The fourth-order valence-electron chi connectivity index (χ4n) is 3.35. The van der Waals surface area contributed by atoms with Crippen molar-refractivity contribution in [3.63, 3.8) is 0 Å². The molecule has 1 aliphatic rings. The first kappa shape index (κ1) is 17.3. The average molecular weight is 369 g/mol. The predicted molar refractivity (Wildman–Crippen MR) is 97.9 cm³/mol. The van der Waals surface area contributed by atoms with E-state index in [1.807, 2.05) is 0 Å². The Morgan fingerprint density at radius 3 is 2.78 bits per heavy atom. The lowest BCUT2D eigenvalue weighted by molar-refractivity contribution is 0.102. The van der Waals surface area contributed by atoms with Gasteiger partial charge in [0.15, 0.2) is 0 Å². The van der Waals surface area contributed by atoms with E-state index in [1.54, 1.807) is 10.6 Å². The number of aryl methyl sites for hydroxylation is 1. The van der Waals surface area contributed by atoms with Crippen LogP contribution in [0.1, 0.15) is 35.4 Å². The molecular weight excluding hydrogens is 352 g/mol. The molecule has 2 aromatic carbocycles. The van der Waals surface area contributed by atoms with Crippen molar-refractivity contribution in [2.75, 3.05) is 5.32 Å². The molecule has 27 heavy (non-hydrogen) atoms. The molecule has 0 bridgehead atoms. The SMILES string of the molecule is O=C(Nc1cc(F)ccc1F)c1ccc2c(=O)n3c(nc2c1)CCCCC3. The quantitative estimate of drug-likeness (QED) is 0.750. The van der Waals surface area contributed by atoms with Gasteiger partial charge in [0, 0.05) is 24.6 Å². The van der Waals surface area contributed by atoms with Crippen LogP contribution in [-0.4, -0.2) is 15.5 Å². The van der Waals surface area contributed by atoms with Crippen molar-refractivity contribution < 1.29 is 13.6 Å². The van der Waals surface area contributed by atoms with Crippen LogP contribution < -0.4 is 10.9 Å². The molecule has 0 fully saturated rings. The Bertz CT molecular complexity index is 1110. The highest BCUT2D eigenvalue weighted by Gasteiger charge is 2.16. The Hall–Kier alpha value is -3.09. The number of carbonyl (C=O) groups excluding carboxylic acids is 1. The van der Waals surface area contributed by atoms with Gasteiger partial charge in [-0.2, -0.15) is 0 Å². The summed E-state index contributed by atoms with van der Waals surface area (Å²) in [7, 11) is 0. The highest BCUT2D eigenvalue weighted by atomic mass is 19.1. The number of nitrogens with zero attached hydrogens (tertiary/aromatic N) is 2. The van der Waals surface area contributed by atoms with Crippen LogP contribution in [0.3, 0.4) is 0 Å². The van der Waals surface area contributed by atoms with Gasteiger partial charge in [0.2, 0.25) is 0 Å². The molecule has 7 heteroatoms. The number of fused-ring (bicyclic) bond motifs is 2. The van der Waals surface area contributed by atoms with Crippen LogP contribution in [-0.2, 0) is 13.0 Å². The molecule has 1 N–H and O–H groups in total. The summed E-state index contributed by atoms with van der Waals surface area (Å²) in [5.41, 5.74) is 0.298. The zero-order chi connectivity index (χ0) is 19.0. The van der Waals surface area contributed by atoms with E-state index in [-0.39, 0.29) is 16.8 Å². The zero-order valence-corrected chi connectivity index (χ0v) is 14.5. The summed E-state index contributed by atoms with van der Waals surface area (Å²) in [6, 6.07) is 7.39. The maximum atomic E-state index is 13.7. The molecule has 1 amide bonds.